The van der Waals surface area contributed by atoms with Crippen molar-refractivity contribution in [1.82, 2.24) is 0 Å². The number of fused-ring (bicyclic) bond motifs is 2. The van der Waals surface area contributed by atoms with Gasteiger partial charge in [-0.1, -0.05) is 24.3 Å². The minimum Gasteiger partial charge on any atom is -0.323 e. The van der Waals surface area contributed by atoms with E-state index < -0.39 is 23.4 Å². The van der Waals surface area contributed by atoms with Crippen LogP contribution in [0, 0.1) is 5.82 Å². The number of nitrogens with one attached hydrogen (secondary N) is 2. The second-order valence-corrected chi connectivity index (χ2v) is 7.02. The lowest BCUT2D eigenvalue weighted by Crippen LogP contribution is -2.25. The standard InChI is InChI=1S/C23H14ClFN2O4/c24-11-18(28)26-17-10-9-16-19(22(30)15-4-2-1-3-14(15)21(16)29)20(17)27-23(31)12-5-7-13(25)8-6-12/h1-10H,11H2,(H,26,28)(H,27,31). The molecule has 154 valence electrons. The number of hydrogen-bond acceptors (Lipinski definition) is 4. The Kier molecular flexibility index (Phi) is 5.35. The molecule has 0 saturated carbocycles. The van der Waals surface area contributed by atoms with Gasteiger partial charge in [0.25, 0.3) is 5.91 Å². The van der Waals surface area contributed by atoms with Gasteiger partial charge in [0.2, 0.25) is 5.91 Å². The molecule has 0 bridgehead atoms. The van der Waals surface area contributed by atoms with Gasteiger partial charge < -0.3 is 10.6 Å². The van der Waals surface area contributed by atoms with Crippen molar-refractivity contribution in [2.45, 2.75) is 0 Å². The van der Waals surface area contributed by atoms with Crippen LogP contribution in [0.15, 0.2) is 60.7 Å². The van der Waals surface area contributed by atoms with Crippen LogP contribution in [0.5, 0.6) is 0 Å². The van der Waals surface area contributed by atoms with Gasteiger partial charge in [0.1, 0.15) is 11.7 Å². The van der Waals surface area contributed by atoms with Gasteiger partial charge in [-0.15, -0.1) is 11.6 Å². The first-order valence-corrected chi connectivity index (χ1v) is 9.72. The van der Waals surface area contributed by atoms with Gasteiger partial charge in [-0.25, -0.2) is 4.39 Å². The number of alkyl halides is 1. The summed E-state index contributed by atoms with van der Waals surface area (Å²) in [7, 11) is 0. The largest absolute Gasteiger partial charge is 0.323 e. The maximum atomic E-state index is 13.3. The lowest BCUT2D eigenvalue weighted by Gasteiger charge is -2.23. The Morgan fingerprint density at radius 1 is 0.806 bits per heavy atom. The summed E-state index contributed by atoms with van der Waals surface area (Å²) in [6.45, 7) is 0. The Labute approximate surface area is 181 Å². The Morgan fingerprint density at radius 2 is 1.45 bits per heavy atom. The number of benzene rings is 3. The predicted octanol–water partition coefficient (Wildman–Crippen LogP) is 4.03. The lowest BCUT2D eigenvalue weighted by atomic mass is 9.82. The van der Waals surface area contributed by atoms with E-state index in [1.54, 1.807) is 18.2 Å². The summed E-state index contributed by atoms with van der Waals surface area (Å²) in [6, 6.07) is 14.0. The number of amides is 2. The zero-order chi connectivity index (χ0) is 22.1. The summed E-state index contributed by atoms with van der Waals surface area (Å²) >= 11 is 5.58. The molecule has 0 fully saturated rings. The highest BCUT2D eigenvalue weighted by Crippen LogP contribution is 2.37. The smallest absolute Gasteiger partial charge is 0.255 e. The van der Waals surface area contributed by atoms with Crippen LogP contribution in [-0.2, 0) is 4.79 Å². The summed E-state index contributed by atoms with van der Waals surface area (Å²) in [5.74, 6) is -2.92. The second-order valence-electron chi connectivity index (χ2n) is 6.76. The highest BCUT2D eigenvalue weighted by Gasteiger charge is 2.33. The van der Waals surface area contributed by atoms with Crippen LogP contribution in [0.1, 0.15) is 42.2 Å². The van der Waals surface area contributed by atoms with E-state index in [4.69, 9.17) is 11.6 Å². The van der Waals surface area contributed by atoms with E-state index in [1.807, 2.05) is 0 Å². The highest BCUT2D eigenvalue weighted by molar-refractivity contribution is 6.32. The molecule has 0 radical (unpaired) electrons. The molecule has 0 saturated heterocycles. The third-order valence-corrected chi connectivity index (χ3v) is 5.08. The third-order valence-electron chi connectivity index (χ3n) is 4.83. The summed E-state index contributed by atoms with van der Waals surface area (Å²) in [5, 5.41) is 5.12. The van der Waals surface area contributed by atoms with Gasteiger partial charge in [-0.2, -0.15) is 0 Å². The molecule has 0 atom stereocenters. The molecule has 0 spiro atoms. The molecule has 0 aliphatic heterocycles. The predicted molar refractivity (Wildman–Crippen MR) is 113 cm³/mol. The Bertz CT molecular complexity index is 1250. The maximum absolute atomic E-state index is 13.3. The van der Waals surface area contributed by atoms with Crippen LogP contribution < -0.4 is 10.6 Å². The molecule has 2 N–H and O–H groups in total. The summed E-state index contributed by atoms with van der Waals surface area (Å²) in [4.78, 5) is 50.9. The Morgan fingerprint density at radius 3 is 2.10 bits per heavy atom. The number of rotatable bonds is 4. The quantitative estimate of drug-likeness (QED) is 0.472. The summed E-state index contributed by atoms with van der Waals surface area (Å²) in [6.07, 6.45) is 0. The number of carbonyl (C=O) groups is 4. The molecule has 31 heavy (non-hydrogen) atoms. The summed E-state index contributed by atoms with van der Waals surface area (Å²) in [5.41, 5.74) is 0.724. The number of halogens is 2. The first-order valence-electron chi connectivity index (χ1n) is 9.19. The van der Waals surface area contributed by atoms with Crippen molar-refractivity contribution in [3.05, 3.63) is 94.3 Å². The van der Waals surface area contributed by atoms with Crippen molar-refractivity contribution in [3.63, 3.8) is 0 Å². The van der Waals surface area contributed by atoms with Gasteiger partial charge in [0, 0.05) is 22.3 Å². The SMILES string of the molecule is O=C(CCl)Nc1ccc2c(c1NC(=O)c1ccc(F)cc1)C(=O)c1ccccc1C2=O. The van der Waals surface area contributed by atoms with Gasteiger partial charge in [0.15, 0.2) is 11.6 Å². The Hall–Kier alpha value is -3.84. The van der Waals surface area contributed by atoms with Crippen molar-refractivity contribution in [1.29, 1.82) is 0 Å². The van der Waals surface area contributed by atoms with Crippen molar-refractivity contribution in [2.24, 2.45) is 0 Å². The minimum absolute atomic E-state index is 0.0295. The molecule has 2 amide bonds. The van der Waals surface area contributed by atoms with Crippen LogP contribution in [-0.4, -0.2) is 29.3 Å². The van der Waals surface area contributed by atoms with Gasteiger partial charge in [-0.05, 0) is 36.4 Å². The molecule has 4 rings (SSSR count). The molecule has 3 aromatic rings. The van der Waals surface area contributed by atoms with E-state index in [9.17, 15) is 23.6 Å². The zero-order valence-corrected chi connectivity index (χ0v) is 16.6. The van der Waals surface area contributed by atoms with Crippen LogP contribution in [0.4, 0.5) is 15.8 Å². The van der Waals surface area contributed by atoms with E-state index in [0.717, 1.165) is 12.1 Å². The van der Waals surface area contributed by atoms with Crippen molar-refractivity contribution in [2.75, 3.05) is 16.5 Å². The molecular weight excluding hydrogens is 423 g/mol. The normalized spacial score (nSPS) is 12.1. The van der Waals surface area contributed by atoms with Gasteiger partial charge in [-0.3, -0.25) is 19.2 Å². The molecule has 1 aliphatic carbocycles. The number of anilines is 2. The van der Waals surface area contributed by atoms with Crippen molar-refractivity contribution < 1.29 is 23.6 Å². The molecule has 8 heteroatoms. The molecule has 6 nitrogen and oxygen atoms in total. The van der Waals surface area contributed by atoms with Gasteiger partial charge in [0.05, 0.1) is 16.9 Å². The average Bonchev–Trinajstić information content (AvgIpc) is 2.78. The van der Waals surface area contributed by atoms with Crippen molar-refractivity contribution >= 4 is 46.4 Å². The highest BCUT2D eigenvalue weighted by atomic mass is 35.5. The fourth-order valence-corrected chi connectivity index (χ4v) is 3.46. The van der Waals surface area contributed by atoms with E-state index in [-0.39, 0.29) is 50.9 Å². The van der Waals surface area contributed by atoms with E-state index in [1.165, 1.54) is 30.3 Å². The van der Waals surface area contributed by atoms with Crippen molar-refractivity contribution in [3.8, 4) is 0 Å². The number of ketones is 2. The number of carbonyl (C=O) groups excluding carboxylic acids is 4. The van der Waals surface area contributed by atoms with E-state index in [0.29, 0.717) is 0 Å². The lowest BCUT2D eigenvalue weighted by molar-refractivity contribution is -0.113. The third kappa shape index (κ3) is 3.71. The fourth-order valence-electron chi connectivity index (χ4n) is 3.39. The number of hydrogen-bond donors (Lipinski definition) is 2. The molecular formula is C23H14ClFN2O4. The van der Waals surface area contributed by atoms with Crippen LogP contribution >= 0.6 is 11.6 Å². The molecule has 0 unspecified atom stereocenters. The van der Waals surface area contributed by atoms with Gasteiger partial charge >= 0.3 is 0 Å². The monoisotopic (exact) mass is 436 g/mol. The first kappa shape index (κ1) is 20.4. The molecule has 1 aliphatic rings. The zero-order valence-electron chi connectivity index (χ0n) is 15.9. The fraction of sp³-hybridized carbons (Fsp3) is 0.0435. The topological polar surface area (TPSA) is 92.3 Å². The first-order chi connectivity index (χ1) is 14.9. The minimum atomic E-state index is -0.645. The van der Waals surface area contributed by atoms with Crippen LogP contribution in [0.3, 0.4) is 0 Å². The maximum Gasteiger partial charge on any atom is 0.255 e. The van der Waals surface area contributed by atoms with Crippen LogP contribution in [0.25, 0.3) is 0 Å². The molecule has 0 heterocycles. The molecule has 3 aromatic carbocycles. The van der Waals surface area contributed by atoms with Crippen LogP contribution in [0.2, 0.25) is 0 Å². The molecule has 0 aromatic heterocycles. The Balaban J connectivity index is 1.86. The second kappa shape index (κ2) is 8.12. The average molecular weight is 437 g/mol. The summed E-state index contributed by atoms with van der Waals surface area (Å²) < 4.78 is 13.2. The van der Waals surface area contributed by atoms with E-state index in [2.05, 4.69) is 10.6 Å². The van der Waals surface area contributed by atoms with E-state index >= 15 is 0 Å².